The number of methoxy groups -OCH3 is 1. The van der Waals surface area contributed by atoms with Crippen LogP contribution in [0.1, 0.15) is 41.5 Å². The summed E-state index contributed by atoms with van der Waals surface area (Å²) in [5.74, 6) is -1.71. The largest absolute Gasteiger partial charge is 0.467 e. The van der Waals surface area contributed by atoms with Crippen molar-refractivity contribution >= 4 is 22.8 Å². The van der Waals surface area contributed by atoms with E-state index in [2.05, 4.69) is 4.74 Å². The zero-order chi connectivity index (χ0) is 14.7. The zero-order valence-electron chi connectivity index (χ0n) is 12.2. The lowest BCUT2D eigenvalue weighted by molar-refractivity contribution is -0.169. The molecule has 1 N–H and O–H groups in total. The van der Waals surface area contributed by atoms with Gasteiger partial charge in [0.05, 0.1) is 13.0 Å². The van der Waals surface area contributed by atoms with Gasteiger partial charge in [-0.1, -0.05) is 46.4 Å². The van der Waals surface area contributed by atoms with E-state index in [9.17, 15) is 14.7 Å². The topological polar surface area (TPSA) is 63.6 Å². The number of hydrogen-bond acceptors (Lipinski definition) is 5. The molecule has 0 aromatic heterocycles. The van der Waals surface area contributed by atoms with Crippen LogP contribution >= 0.6 is 11.8 Å². The standard InChI is InChI=1S/C13H24O4S/c1-8(2)9(10(14)18-12(3,4)5)13(6,16)11(15)17-7/h8-9,16H,1-7H3/t9-,13+/m1/s1. The molecule has 0 heterocycles. The summed E-state index contributed by atoms with van der Waals surface area (Å²) in [4.78, 5) is 23.9. The maximum absolute atomic E-state index is 12.3. The maximum atomic E-state index is 12.3. The van der Waals surface area contributed by atoms with Crippen LogP contribution in [0.5, 0.6) is 0 Å². The molecule has 0 saturated carbocycles. The Morgan fingerprint density at radius 2 is 1.61 bits per heavy atom. The molecule has 0 aromatic rings. The normalized spacial score (nSPS) is 17.2. The predicted molar refractivity (Wildman–Crippen MR) is 73.3 cm³/mol. The van der Waals surface area contributed by atoms with Gasteiger partial charge in [-0.15, -0.1) is 0 Å². The summed E-state index contributed by atoms with van der Waals surface area (Å²) in [6, 6.07) is 0. The average molecular weight is 276 g/mol. The first kappa shape index (κ1) is 17.4. The smallest absolute Gasteiger partial charge is 0.338 e. The van der Waals surface area contributed by atoms with Gasteiger partial charge in [0.1, 0.15) is 0 Å². The third-order valence-electron chi connectivity index (χ3n) is 2.53. The van der Waals surface area contributed by atoms with Gasteiger partial charge in [0.25, 0.3) is 0 Å². The molecule has 0 rings (SSSR count). The van der Waals surface area contributed by atoms with E-state index in [0.717, 1.165) is 11.8 Å². The van der Waals surface area contributed by atoms with E-state index in [0.29, 0.717) is 0 Å². The van der Waals surface area contributed by atoms with E-state index < -0.39 is 17.5 Å². The van der Waals surface area contributed by atoms with Crippen LogP contribution in [0.2, 0.25) is 0 Å². The highest BCUT2D eigenvalue weighted by Crippen LogP contribution is 2.35. The van der Waals surface area contributed by atoms with E-state index in [-0.39, 0.29) is 15.8 Å². The van der Waals surface area contributed by atoms with Crippen molar-refractivity contribution in [1.29, 1.82) is 0 Å². The molecular weight excluding hydrogens is 252 g/mol. The lowest BCUT2D eigenvalue weighted by Gasteiger charge is -2.33. The molecule has 0 radical (unpaired) electrons. The Kier molecular flexibility index (Phi) is 5.88. The minimum Gasteiger partial charge on any atom is -0.467 e. The number of ether oxygens (including phenoxy) is 1. The molecule has 0 aliphatic carbocycles. The fourth-order valence-electron chi connectivity index (χ4n) is 1.85. The quantitative estimate of drug-likeness (QED) is 0.798. The summed E-state index contributed by atoms with van der Waals surface area (Å²) in [5.41, 5.74) is -1.79. The fraction of sp³-hybridized carbons (Fsp3) is 0.846. The Hall–Kier alpha value is -0.550. The van der Waals surface area contributed by atoms with Crippen molar-refractivity contribution in [3.63, 3.8) is 0 Å². The summed E-state index contributed by atoms with van der Waals surface area (Å²) in [6.45, 7) is 10.7. The van der Waals surface area contributed by atoms with Gasteiger partial charge in [-0.2, -0.15) is 0 Å². The molecule has 0 fully saturated rings. The van der Waals surface area contributed by atoms with E-state index in [1.54, 1.807) is 0 Å². The fourth-order valence-corrected chi connectivity index (χ4v) is 3.08. The van der Waals surface area contributed by atoms with Gasteiger partial charge in [0, 0.05) is 4.75 Å². The number of rotatable bonds is 4. The molecule has 2 atom stereocenters. The Labute approximate surface area is 113 Å². The average Bonchev–Trinajstić information content (AvgIpc) is 2.11. The summed E-state index contributed by atoms with van der Waals surface area (Å²) in [7, 11) is 1.20. The first-order valence-corrected chi connectivity index (χ1v) is 6.78. The Morgan fingerprint density at radius 3 is 1.89 bits per heavy atom. The monoisotopic (exact) mass is 276 g/mol. The molecule has 4 nitrogen and oxygen atoms in total. The van der Waals surface area contributed by atoms with Crippen LogP contribution in [0.25, 0.3) is 0 Å². The molecule has 106 valence electrons. The van der Waals surface area contributed by atoms with E-state index in [1.807, 2.05) is 34.6 Å². The highest BCUT2D eigenvalue weighted by Gasteiger charge is 2.47. The third kappa shape index (κ3) is 4.61. The molecule has 0 aliphatic heterocycles. The van der Waals surface area contributed by atoms with Crippen molar-refractivity contribution < 1.29 is 19.4 Å². The van der Waals surface area contributed by atoms with Crippen molar-refractivity contribution in [3.8, 4) is 0 Å². The first-order chi connectivity index (χ1) is 7.93. The minimum absolute atomic E-state index is 0.151. The summed E-state index contributed by atoms with van der Waals surface area (Å²) >= 11 is 1.14. The first-order valence-electron chi connectivity index (χ1n) is 5.97. The second kappa shape index (κ2) is 6.06. The molecule has 18 heavy (non-hydrogen) atoms. The molecule has 0 unspecified atom stereocenters. The number of thioether (sulfide) groups is 1. The number of carbonyl (C=O) groups excluding carboxylic acids is 2. The van der Waals surface area contributed by atoms with E-state index in [4.69, 9.17) is 0 Å². The highest BCUT2D eigenvalue weighted by atomic mass is 32.2. The van der Waals surface area contributed by atoms with Crippen LogP contribution in [0.4, 0.5) is 0 Å². The summed E-state index contributed by atoms with van der Waals surface area (Å²) in [6.07, 6.45) is 0. The molecular formula is C13H24O4S. The van der Waals surface area contributed by atoms with Gasteiger partial charge in [-0.3, -0.25) is 4.79 Å². The van der Waals surface area contributed by atoms with Gasteiger partial charge in [-0.25, -0.2) is 4.79 Å². The van der Waals surface area contributed by atoms with Gasteiger partial charge in [-0.05, 0) is 12.8 Å². The Morgan fingerprint density at radius 1 is 1.17 bits per heavy atom. The van der Waals surface area contributed by atoms with Gasteiger partial charge in [0.2, 0.25) is 0 Å². The lowest BCUT2D eigenvalue weighted by Crippen LogP contribution is -2.49. The Balaban J connectivity index is 5.21. The zero-order valence-corrected chi connectivity index (χ0v) is 13.1. The summed E-state index contributed by atoms with van der Waals surface area (Å²) < 4.78 is 4.32. The van der Waals surface area contributed by atoms with E-state index in [1.165, 1.54) is 14.0 Å². The number of hydrogen-bond donors (Lipinski definition) is 1. The van der Waals surface area contributed by atoms with E-state index >= 15 is 0 Å². The van der Waals surface area contributed by atoms with Crippen molar-refractivity contribution in [2.75, 3.05) is 7.11 Å². The molecule has 5 heteroatoms. The molecule has 0 aromatic carbocycles. The lowest BCUT2D eigenvalue weighted by atomic mass is 9.81. The minimum atomic E-state index is -1.79. The van der Waals surface area contributed by atoms with Crippen LogP contribution in [0, 0.1) is 11.8 Å². The second-order valence-electron chi connectivity index (χ2n) is 5.89. The number of aliphatic hydroxyl groups is 1. The number of esters is 1. The van der Waals surface area contributed by atoms with Crippen molar-refractivity contribution in [2.24, 2.45) is 11.8 Å². The van der Waals surface area contributed by atoms with Crippen LogP contribution < -0.4 is 0 Å². The number of carbonyl (C=O) groups is 2. The summed E-state index contributed by atoms with van der Waals surface area (Å²) in [5, 5.41) is 10.1. The van der Waals surface area contributed by atoms with Crippen LogP contribution in [0.3, 0.4) is 0 Å². The SMILES string of the molecule is COC(=O)[C@@](C)(O)[C@@H](C(=O)SC(C)(C)C)C(C)C. The molecule has 0 bridgehead atoms. The van der Waals surface area contributed by atoms with Crippen molar-refractivity contribution in [2.45, 2.75) is 51.9 Å². The van der Waals surface area contributed by atoms with Crippen LogP contribution in [-0.4, -0.2) is 33.6 Å². The van der Waals surface area contributed by atoms with Gasteiger partial charge < -0.3 is 9.84 Å². The highest BCUT2D eigenvalue weighted by molar-refractivity contribution is 8.14. The van der Waals surface area contributed by atoms with Gasteiger partial charge in [0.15, 0.2) is 10.7 Å². The molecule has 0 amide bonds. The van der Waals surface area contributed by atoms with Crippen LogP contribution in [-0.2, 0) is 14.3 Å². The molecule has 0 spiro atoms. The van der Waals surface area contributed by atoms with Crippen molar-refractivity contribution in [3.05, 3.63) is 0 Å². The molecule has 0 saturated heterocycles. The van der Waals surface area contributed by atoms with Crippen molar-refractivity contribution in [1.82, 2.24) is 0 Å². The predicted octanol–water partition coefficient (Wildman–Crippen LogP) is 2.24. The maximum Gasteiger partial charge on any atom is 0.338 e. The molecule has 0 aliphatic rings. The Bertz CT molecular complexity index is 315. The third-order valence-corrected chi connectivity index (χ3v) is 3.60. The second-order valence-corrected chi connectivity index (χ2v) is 7.73. The van der Waals surface area contributed by atoms with Gasteiger partial charge >= 0.3 is 5.97 Å². The van der Waals surface area contributed by atoms with Crippen LogP contribution in [0.15, 0.2) is 0 Å².